The summed E-state index contributed by atoms with van der Waals surface area (Å²) in [6.07, 6.45) is 1.30. The Balaban J connectivity index is 1.91. The molecule has 1 N–H and O–H groups in total. The van der Waals surface area contributed by atoms with Crippen LogP contribution < -0.4 is 5.32 Å². The lowest BCUT2D eigenvalue weighted by molar-refractivity contribution is -0.139. The van der Waals surface area contributed by atoms with E-state index in [2.05, 4.69) is 17.4 Å². The van der Waals surface area contributed by atoms with Gasteiger partial charge in [-0.05, 0) is 56.0 Å². The van der Waals surface area contributed by atoms with Crippen molar-refractivity contribution in [1.82, 2.24) is 10.2 Å². The average molecular weight is 489 g/mol. The number of nitrogens with zero attached hydrogens (tertiary/aromatic N) is 1. The molecule has 0 aliphatic rings. The number of hydrogen-bond donors (Lipinski definition) is 1. The number of rotatable bonds is 11. The van der Waals surface area contributed by atoms with Crippen LogP contribution >= 0.6 is 11.8 Å². The van der Waals surface area contributed by atoms with Crippen molar-refractivity contribution in [2.75, 3.05) is 5.75 Å². The number of aryl methyl sites for hydroxylation is 2. The summed E-state index contributed by atoms with van der Waals surface area (Å²) in [5.74, 6) is 0.126. The van der Waals surface area contributed by atoms with Crippen LogP contribution in [0.2, 0.25) is 0 Å². The number of amides is 2. The van der Waals surface area contributed by atoms with Crippen LogP contribution in [0.5, 0.6) is 0 Å². The number of hydrogen-bond acceptors (Lipinski definition) is 3. The summed E-state index contributed by atoms with van der Waals surface area (Å²) in [4.78, 5) is 30.1. The van der Waals surface area contributed by atoms with Crippen molar-refractivity contribution >= 4 is 23.6 Å². The number of carbonyl (C=O) groups excluding carboxylic acids is 2. The minimum Gasteiger partial charge on any atom is -0.352 e. The molecule has 0 saturated heterocycles. The molecule has 2 unspecified atom stereocenters. The number of nitrogens with one attached hydrogen (secondary N) is 1. The normalized spacial score (nSPS) is 12.6. The molecule has 0 radical (unpaired) electrons. The minimum absolute atomic E-state index is 0.0399. The minimum atomic E-state index is -0.600. The smallest absolute Gasteiger partial charge is 0.243 e. The molecule has 0 saturated carbocycles. The van der Waals surface area contributed by atoms with Crippen LogP contribution in [0.3, 0.4) is 0 Å². The summed E-state index contributed by atoms with van der Waals surface area (Å²) in [6, 6.07) is 25.6. The topological polar surface area (TPSA) is 49.4 Å². The first kappa shape index (κ1) is 26.6. The summed E-state index contributed by atoms with van der Waals surface area (Å²) in [7, 11) is 0. The van der Waals surface area contributed by atoms with E-state index in [0.717, 1.165) is 28.0 Å². The SMILES string of the molecule is CCC(C)NC(=O)C(Cc1ccccc1)N(Cc1ccccc1C)C(=O)CSc1ccc(C)cc1. The molecule has 0 heterocycles. The van der Waals surface area contributed by atoms with Gasteiger partial charge in [-0.2, -0.15) is 0 Å². The van der Waals surface area contributed by atoms with E-state index >= 15 is 0 Å². The third-order valence-corrected chi connectivity index (χ3v) is 7.25. The lowest BCUT2D eigenvalue weighted by atomic mass is 10.0. The Labute approximate surface area is 214 Å². The number of carbonyl (C=O) groups is 2. The Morgan fingerprint density at radius 3 is 2.23 bits per heavy atom. The molecular weight excluding hydrogens is 452 g/mol. The van der Waals surface area contributed by atoms with Crippen LogP contribution in [0.1, 0.15) is 42.5 Å². The first-order valence-corrected chi connectivity index (χ1v) is 13.2. The molecule has 3 rings (SSSR count). The quantitative estimate of drug-likeness (QED) is 0.339. The van der Waals surface area contributed by atoms with E-state index in [0.29, 0.717) is 13.0 Å². The highest BCUT2D eigenvalue weighted by molar-refractivity contribution is 8.00. The monoisotopic (exact) mass is 488 g/mol. The lowest BCUT2D eigenvalue weighted by Gasteiger charge is -2.32. The van der Waals surface area contributed by atoms with E-state index in [1.54, 1.807) is 4.90 Å². The molecule has 0 aromatic heterocycles. The molecule has 0 bridgehead atoms. The van der Waals surface area contributed by atoms with Gasteiger partial charge in [0.1, 0.15) is 6.04 Å². The zero-order valence-corrected chi connectivity index (χ0v) is 22.0. The van der Waals surface area contributed by atoms with E-state index in [-0.39, 0.29) is 23.6 Å². The highest BCUT2D eigenvalue weighted by Crippen LogP contribution is 2.22. The number of thioether (sulfide) groups is 1. The lowest BCUT2D eigenvalue weighted by Crippen LogP contribution is -2.52. The molecule has 0 aliphatic carbocycles. The molecule has 0 spiro atoms. The van der Waals surface area contributed by atoms with Gasteiger partial charge in [0.05, 0.1) is 5.75 Å². The zero-order valence-electron chi connectivity index (χ0n) is 21.2. The maximum Gasteiger partial charge on any atom is 0.243 e. The summed E-state index contributed by atoms with van der Waals surface area (Å²) in [5, 5.41) is 3.13. The van der Waals surface area contributed by atoms with Gasteiger partial charge in [0.2, 0.25) is 11.8 Å². The number of benzene rings is 3. The van der Waals surface area contributed by atoms with Crippen molar-refractivity contribution in [2.24, 2.45) is 0 Å². The zero-order chi connectivity index (χ0) is 25.2. The second-order valence-corrected chi connectivity index (χ2v) is 10.1. The standard InChI is InChI=1S/C30H36N2O2S/c1-5-24(4)31-30(34)28(19-25-12-7-6-8-13-25)32(20-26-14-10-9-11-23(26)3)29(33)21-35-27-17-15-22(2)16-18-27/h6-18,24,28H,5,19-21H2,1-4H3,(H,31,34). The molecular formula is C30H36N2O2S. The van der Waals surface area contributed by atoms with Gasteiger partial charge in [-0.1, -0.05) is 79.2 Å². The van der Waals surface area contributed by atoms with Crippen LogP contribution in [0.25, 0.3) is 0 Å². The van der Waals surface area contributed by atoms with Crippen LogP contribution in [0.4, 0.5) is 0 Å². The molecule has 0 fully saturated rings. The molecule has 5 heteroatoms. The van der Waals surface area contributed by atoms with Gasteiger partial charge >= 0.3 is 0 Å². The summed E-state index contributed by atoms with van der Waals surface area (Å²) in [6.45, 7) is 8.54. The third kappa shape index (κ3) is 8.00. The summed E-state index contributed by atoms with van der Waals surface area (Å²) < 4.78 is 0. The Morgan fingerprint density at radius 1 is 0.914 bits per heavy atom. The van der Waals surface area contributed by atoms with E-state index < -0.39 is 6.04 Å². The molecule has 4 nitrogen and oxygen atoms in total. The maximum absolute atomic E-state index is 13.7. The summed E-state index contributed by atoms with van der Waals surface area (Å²) in [5.41, 5.74) is 4.38. The van der Waals surface area contributed by atoms with Crippen LogP contribution in [0.15, 0.2) is 83.8 Å². The first-order valence-electron chi connectivity index (χ1n) is 12.2. The van der Waals surface area contributed by atoms with Gasteiger partial charge in [-0.25, -0.2) is 0 Å². The fourth-order valence-corrected chi connectivity index (χ4v) is 4.61. The Morgan fingerprint density at radius 2 is 1.57 bits per heavy atom. The highest BCUT2D eigenvalue weighted by atomic mass is 32.2. The first-order chi connectivity index (χ1) is 16.9. The largest absolute Gasteiger partial charge is 0.352 e. The Hall–Kier alpha value is -3.05. The molecule has 2 atom stereocenters. The Bertz CT molecular complexity index is 1100. The summed E-state index contributed by atoms with van der Waals surface area (Å²) >= 11 is 1.51. The van der Waals surface area contributed by atoms with E-state index in [1.165, 1.54) is 17.3 Å². The maximum atomic E-state index is 13.7. The van der Waals surface area contributed by atoms with Crippen molar-refractivity contribution in [3.05, 3.63) is 101 Å². The van der Waals surface area contributed by atoms with Gasteiger partial charge in [-0.15, -0.1) is 11.8 Å². The predicted molar refractivity (Wildman–Crippen MR) is 145 cm³/mol. The molecule has 0 aliphatic heterocycles. The molecule has 2 amide bonds. The third-order valence-electron chi connectivity index (χ3n) is 6.26. The van der Waals surface area contributed by atoms with Crippen molar-refractivity contribution in [2.45, 2.75) is 64.1 Å². The van der Waals surface area contributed by atoms with E-state index in [4.69, 9.17) is 0 Å². The van der Waals surface area contributed by atoms with Gasteiger partial charge in [0.15, 0.2) is 0 Å². The van der Waals surface area contributed by atoms with Crippen molar-refractivity contribution < 1.29 is 9.59 Å². The van der Waals surface area contributed by atoms with E-state index in [1.807, 2.05) is 94.4 Å². The Kier molecular flexibility index (Phi) is 9.98. The molecule has 3 aromatic rings. The average Bonchev–Trinajstić information content (AvgIpc) is 2.87. The highest BCUT2D eigenvalue weighted by Gasteiger charge is 2.31. The fourth-order valence-electron chi connectivity index (χ4n) is 3.83. The van der Waals surface area contributed by atoms with Crippen molar-refractivity contribution in [3.8, 4) is 0 Å². The molecule has 184 valence electrons. The van der Waals surface area contributed by atoms with Crippen LogP contribution in [0, 0.1) is 13.8 Å². The van der Waals surface area contributed by atoms with Gasteiger partial charge in [0, 0.05) is 23.9 Å². The second-order valence-electron chi connectivity index (χ2n) is 9.07. The van der Waals surface area contributed by atoms with Crippen molar-refractivity contribution in [1.29, 1.82) is 0 Å². The second kappa shape index (κ2) is 13.1. The van der Waals surface area contributed by atoms with Crippen molar-refractivity contribution in [3.63, 3.8) is 0 Å². The van der Waals surface area contributed by atoms with E-state index in [9.17, 15) is 9.59 Å². The van der Waals surface area contributed by atoms with Gasteiger partial charge < -0.3 is 10.2 Å². The molecule has 3 aromatic carbocycles. The van der Waals surface area contributed by atoms with Crippen LogP contribution in [-0.2, 0) is 22.6 Å². The van der Waals surface area contributed by atoms with Crippen LogP contribution in [-0.4, -0.2) is 34.6 Å². The predicted octanol–water partition coefficient (Wildman–Crippen LogP) is 5.95. The molecule has 35 heavy (non-hydrogen) atoms. The fraction of sp³-hybridized carbons (Fsp3) is 0.333. The van der Waals surface area contributed by atoms with Gasteiger partial charge in [-0.3, -0.25) is 9.59 Å². The van der Waals surface area contributed by atoms with Gasteiger partial charge in [0.25, 0.3) is 0 Å².